The fourth-order valence-corrected chi connectivity index (χ4v) is 2.83. The molecule has 138 valence electrons. The van der Waals surface area contributed by atoms with E-state index in [2.05, 4.69) is 0 Å². The predicted octanol–water partition coefficient (Wildman–Crippen LogP) is 2.05. The molecule has 1 atom stereocenters. The Labute approximate surface area is 151 Å². The van der Waals surface area contributed by atoms with Crippen molar-refractivity contribution < 1.29 is 28.8 Å². The number of nitriles is 1. The van der Waals surface area contributed by atoms with Gasteiger partial charge in [-0.1, -0.05) is 0 Å². The van der Waals surface area contributed by atoms with Gasteiger partial charge in [0.15, 0.2) is 11.5 Å². The highest BCUT2D eigenvalue weighted by molar-refractivity contribution is 5.93. The molecule has 0 aliphatic carbocycles. The van der Waals surface area contributed by atoms with Crippen LogP contribution in [0.2, 0.25) is 0 Å². The lowest BCUT2D eigenvalue weighted by atomic mass is 9.82. The summed E-state index contributed by atoms with van der Waals surface area (Å²) >= 11 is 0. The van der Waals surface area contributed by atoms with E-state index in [1.807, 2.05) is 6.07 Å². The summed E-state index contributed by atoms with van der Waals surface area (Å²) in [5, 5.41) is 20.3. The second-order valence-corrected chi connectivity index (χ2v) is 5.35. The van der Waals surface area contributed by atoms with Crippen molar-refractivity contribution in [2.45, 2.75) is 19.8 Å². The van der Waals surface area contributed by atoms with Crippen molar-refractivity contribution in [3.8, 4) is 23.3 Å². The van der Waals surface area contributed by atoms with Crippen LogP contribution in [0.5, 0.6) is 17.2 Å². The highest BCUT2D eigenvalue weighted by Crippen LogP contribution is 2.49. The SMILES string of the molecule is CCOC(=O)C1=C(C)OC(N)=C(C#N)C1c1c(OC)ccc(OC)c1O. The van der Waals surface area contributed by atoms with Crippen LogP contribution in [0.3, 0.4) is 0 Å². The van der Waals surface area contributed by atoms with E-state index in [4.69, 9.17) is 24.7 Å². The van der Waals surface area contributed by atoms with Crippen LogP contribution in [0.1, 0.15) is 25.3 Å². The number of carbonyl (C=O) groups excluding carboxylic acids is 1. The number of ether oxygens (including phenoxy) is 4. The van der Waals surface area contributed by atoms with Crippen LogP contribution < -0.4 is 15.2 Å². The molecule has 1 aromatic carbocycles. The standard InChI is InChI=1S/C18H20N2O6/c1-5-25-18(22)13-9(2)26-17(20)10(8-19)14(13)15-11(23-3)6-7-12(24-4)16(15)21/h6-7,14,21H,5,20H2,1-4H3. The van der Waals surface area contributed by atoms with E-state index < -0.39 is 11.9 Å². The molecule has 0 aromatic heterocycles. The third-order valence-corrected chi connectivity index (χ3v) is 3.97. The number of phenols is 1. The van der Waals surface area contributed by atoms with Gasteiger partial charge in [-0.25, -0.2) is 4.79 Å². The number of nitrogens with zero attached hydrogens (tertiary/aromatic N) is 1. The van der Waals surface area contributed by atoms with Crippen LogP contribution in [-0.2, 0) is 14.3 Å². The van der Waals surface area contributed by atoms with E-state index in [9.17, 15) is 15.2 Å². The average Bonchev–Trinajstić information content (AvgIpc) is 2.61. The molecule has 1 heterocycles. The number of allylic oxidation sites excluding steroid dienone is 2. The fourth-order valence-electron chi connectivity index (χ4n) is 2.83. The van der Waals surface area contributed by atoms with Crippen molar-refractivity contribution >= 4 is 5.97 Å². The Morgan fingerprint density at radius 2 is 1.96 bits per heavy atom. The second kappa shape index (κ2) is 7.70. The van der Waals surface area contributed by atoms with Crippen molar-refractivity contribution in [3.05, 3.63) is 40.5 Å². The second-order valence-electron chi connectivity index (χ2n) is 5.35. The largest absolute Gasteiger partial charge is 0.504 e. The lowest BCUT2D eigenvalue weighted by Crippen LogP contribution is -2.26. The highest BCUT2D eigenvalue weighted by Gasteiger charge is 2.40. The molecule has 0 saturated heterocycles. The predicted molar refractivity (Wildman–Crippen MR) is 91.2 cm³/mol. The summed E-state index contributed by atoms with van der Waals surface area (Å²) in [5.74, 6) is -1.55. The summed E-state index contributed by atoms with van der Waals surface area (Å²) in [6, 6.07) is 5.02. The molecule has 0 saturated carbocycles. The van der Waals surface area contributed by atoms with Crippen LogP contribution >= 0.6 is 0 Å². The van der Waals surface area contributed by atoms with Crippen molar-refractivity contribution in [1.29, 1.82) is 5.26 Å². The lowest BCUT2D eigenvalue weighted by molar-refractivity contribution is -0.139. The molecule has 3 N–H and O–H groups in total. The van der Waals surface area contributed by atoms with Crippen LogP contribution in [0, 0.1) is 11.3 Å². The number of benzene rings is 1. The number of hydrogen-bond donors (Lipinski definition) is 2. The summed E-state index contributed by atoms with van der Waals surface area (Å²) in [5.41, 5.74) is 6.03. The Balaban J connectivity index is 2.82. The van der Waals surface area contributed by atoms with Gasteiger partial charge in [0.2, 0.25) is 5.88 Å². The number of carbonyl (C=O) groups is 1. The van der Waals surface area contributed by atoms with Gasteiger partial charge in [-0.3, -0.25) is 0 Å². The van der Waals surface area contributed by atoms with Gasteiger partial charge in [0, 0.05) is 0 Å². The topological polar surface area (TPSA) is 124 Å². The molecule has 0 spiro atoms. The quantitative estimate of drug-likeness (QED) is 0.765. The Morgan fingerprint density at radius 1 is 1.35 bits per heavy atom. The molecule has 0 fully saturated rings. The molecule has 0 radical (unpaired) electrons. The third kappa shape index (κ3) is 3.11. The zero-order chi connectivity index (χ0) is 19.4. The third-order valence-electron chi connectivity index (χ3n) is 3.97. The molecule has 1 unspecified atom stereocenters. The number of hydrogen-bond acceptors (Lipinski definition) is 8. The Morgan fingerprint density at radius 3 is 2.50 bits per heavy atom. The first-order valence-electron chi connectivity index (χ1n) is 7.80. The van der Waals surface area contributed by atoms with Gasteiger partial charge in [0.25, 0.3) is 0 Å². The number of rotatable bonds is 5. The fraction of sp³-hybridized carbons (Fsp3) is 0.333. The monoisotopic (exact) mass is 360 g/mol. The number of esters is 1. The first kappa shape index (κ1) is 19.0. The number of methoxy groups -OCH3 is 2. The zero-order valence-electron chi connectivity index (χ0n) is 15.0. The van der Waals surface area contributed by atoms with E-state index in [-0.39, 0.29) is 52.2 Å². The van der Waals surface area contributed by atoms with Crippen LogP contribution in [0.15, 0.2) is 34.9 Å². The molecule has 0 bridgehead atoms. The summed E-state index contributed by atoms with van der Waals surface area (Å²) in [4.78, 5) is 12.5. The van der Waals surface area contributed by atoms with Crippen LogP contribution in [0.25, 0.3) is 0 Å². The van der Waals surface area contributed by atoms with E-state index in [1.54, 1.807) is 13.0 Å². The maximum Gasteiger partial charge on any atom is 0.338 e. The van der Waals surface area contributed by atoms with Gasteiger partial charge in [-0.2, -0.15) is 5.26 Å². The van der Waals surface area contributed by atoms with Crippen molar-refractivity contribution in [2.24, 2.45) is 5.73 Å². The molecule has 2 rings (SSSR count). The number of nitrogens with two attached hydrogens (primary N) is 1. The van der Waals surface area contributed by atoms with E-state index in [0.29, 0.717) is 0 Å². The van der Waals surface area contributed by atoms with E-state index in [1.165, 1.54) is 27.2 Å². The molecule has 1 aliphatic heterocycles. The normalized spacial score (nSPS) is 16.7. The van der Waals surface area contributed by atoms with Gasteiger partial charge >= 0.3 is 5.97 Å². The van der Waals surface area contributed by atoms with Gasteiger partial charge in [-0.05, 0) is 26.0 Å². The first-order chi connectivity index (χ1) is 12.4. The molecular weight excluding hydrogens is 340 g/mol. The van der Waals surface area contributed by atoms with E-state index >= 15 is 0 Å². The first-order valence-corrected chi connectivity index (χ1v) is 7.80. The smallest absolute Gasteiger partial charge is 0.338 e. The molecule has 26 heavy (non-hydrogen) atoms. The Kier molecular flexibility index (Phi) is 5.62. The molecule has 1 aromatic rings. The Hall–Kier alpha value is -3.34. The lowest BCUT2D eigenvalue weighted by Gasteiger charge is -2.28. The highest BCUT2D eigenvalue weighted by atomic mass is 16.5. The average molecular weight is 360 g/mol. The van der Waals surface area contributed by atoms with Gasteiger partial charge in [0.1, 0.15) is 23.2 Å². The Bertz CT molecular complexity index is 835. The van der Waals surface area contributed by atoms with Crippen LogP contribution in [0.4, 0.5) is 0 Å². The maximum atomic E-state index is 12.5. The maximum absolute atomic E-state index is 12.5. The van der Waals surface area contributed by atoms with Crippen molar-refractivity contribution in [1.82, 2.24) is 0 Å². The van der Waals surface area contributed by atoms with Crippen molar-refractivity contribution in [2.75, 3.05) is 20.8 Å². The van der Waals surface area contributed by atoms with Gasteiger partial charge in [-0.15, -0.1) is 0 Å². The molecule has 1 aliphatic rings. The van der Waals surface area contributed by atoms with Gasteiger partial charge < -0.3 is 29.8 Å². The van der Waals surface area contributed by atoms with Crippen LogP contribution in [-0.4, -0.2) is 31.9 Å². The summed E-state index contributed by atoms with van der Waals surface area (Å²) < 4.78 is 20.9. The minimum Gasteiger partial charge on any atom is -0.504 e. The molecule has 0 amide bonds. The molecule has 8 heteroatoms. The minimum absolute atomic E-state index is 0.0412. The minimum atomic E-state index is -1.03. The number of aromatic hydroxyl groups is 1. The zero-order valence-corrected chi connectivity index (χ0v) is 15.0. The molecular formula is C18H20N2O6. The summed E-state index contributed by atoms with van der Waals surface area (Å²) in [7, 11) is 2.79. The van der Waals surface area contributed by atoms with Gasteiger partial charge in [0.05, 0.1) is 37.9 Å². The molecule has 8 nitrogen and oxygen atoms in total. The van der Waals surface area contributed by atoms with Crippen molar-refractivity contribution in [3.63, 3.8) is 0 Å². The number of phenolic OH excluding ortho intramolecular Hbond substituents is 1. The summed E-state index contributed by atoms with van der Waals surface area (Å²) in [6.45, 7) is 3.32. The van der Waals surface area contributed by atoms with E-state index in [0.717, 1.165) is 0 Å². The summed E-state index contributed by atoms with van der Waals surface area (Å²) in [6.07, 6.45) is 0.